The maximum atomic E-state index is 14.8. The number of thiocarbonyl (C=S) groups is 1. The molecule has 1 aliphatic carbocycles. The smallest absolute Gasteiger partial charge is 0.355 e. The molecular weight excluding hydrogens is 470 g/mol. The fraction of sp³-hybridized carbons (Fsp3) is 0.304. The Morgan fingerprint density at radius 2 is 2.00 bits per heavy atom. The molecular formula is C23H19F4N5OS. The number of nitrogens with one attached hydrogen (secondary N) is 1. The van der Waals surface area contributed by atoms with Gasteiger partial charge < -0.3 is 10.2 Å². The molecule has 4 rings (SSSR count). The summed E-state index contributed by atoms with van der Waals surface area (Å²) >= 11 is 5.70. The molecule has 1 aliphatic heterocycles. The first-order chi connectivity index (χ1) is 16.1. The number of allylic oxidation sites excluding steroid dienone is 1. The second-order valence-electron chi connectivity index (χ2n) is 7.95. The Kier molecular flexibility index (Phi) is 5.81. The Labute approximate surface area is 198 Å². The lowest BCUT2D eigenvalue weighted by molar-refractivity contribution is -0.138. The van der Waals surface area contributed by atoms with Crippen molar-refractivity contribution in [2.24, 2.45) is 0 Å². The number of nitriles is 1. The van der Waals surface area contributed by atoms with Crippen molar-refractivity contribution >= 4 is 34.6 Å². The van der Waals surface area contributed by atoms with Crippen LogP contribution in [0.2, 0.25) is 0 Å². The van der Waals surface area contributed by atoms with E-state index in [4.69, 9.17) is 17.5 Å². The van der Waals surface area contributed by atoms with Gasteiger partial charge in [-0.05, 0) is 62.7 Å². The van der Waals surface area contributed by atoms with Crippen LogP contribution in [0.3, 0.4) is 0 Å². The zero-order valence-corrected chi connectivity index (χ0v) is 19.0. The van der Waals surface area contributed by atoms with E-state index in [1.807, 2.05) is 0 Å². The second kappa shape index (κ2) is 8.36. The molecule has 1 aromatic heterocycles. The van der Waals surface area contributed by atoms with Gasteiger partial charge in [-0.25, -0.2) is 9.37 Å². The second-order valence-corrected chi connectivity index (χ2v) is 8.32. The number of alkyl halides is 3. The Morgan fingerprint density at radius 3 is 2.50 bits per heavy atom. The van der Waals surface area contributed by atoms with Crippen molar-refractivity contribution < 1.29 is 22.4 Å². The maximum absolute atomic E-state index is 14.8. The van der Waals surface area contributed by atoms with E-state index in [0.717, 1.165) is 12.5 Å². The molecule has 1 N–H and O–H groups in total. The summed E-state index contributed by atoms with van der Waals surface area (Å²) in [5.41, 5.74) is -1.60. The van der Waals surface area contributed by atoms with E-state index >= 15 is 0 Å². The molecule has 1 spiro atoms. The third-order valence-corrected chi connectivity index (χ3v) is 6.57. The zero-order chi connectivity index (χ0) is 24.8. The van der Waals surface area contributed by atoms with E-state index < -0.39 is 34.7 Å². The highest BCUT2D eigenvalue weighted by Crippen LogP contribution is 2.53. The van der Waals surface area contributed by atoms with Gasteiger partial charge in [-0.3, -0.25) is 9.69 Å². The molecule has 0 bridgehead atoms. The molecule has 2 aromatic rings. The number of pyridine rings is 1. The summed E-state index contributed by atoms with van der Waals surface area (Å²) in [4.78, 5) is 18.8. The van der Waals surface area contributed by atoms with Crippen LogP contribution in [-0.2, 0) is 6.18 Å². The normalized spacial score (nSPS) is 18.3. The standard InChI is InChI=1S/C23H19F4N5OS/c1-3-19-22(7-4-8-22)32(13-5-6-15(17(24)10-13)20(33)29-2)21(34)31(19)14-9-16(23(25,26)27)18(11-28)30-12-14/h3,5-6,9-10,12H,4,7-8H2,1-2H3,(H,29,33)/b19-3+. The van der Waals surface area contributed by atoms with Gasteiger partial charge in [0.1, 0.15) is 11.9 Å². The minimum absolute atomic E-state index is 0.0562. The van der Waals surface area contributed by atoms with Gasteiger partial charge in [0.2, 0.25) is 0 Å². The van der Waals surface area contributed by atoms with Crippen molar-refractivity contribution in [2.45, 2.75) is 37.9 Å². The predicted molar refractivity (Wildman–Crippen MR) is 122 cm³/mol. The van der Waals surface area contributed by atoms with Gasteiger partial charge in [-0.2, -0.15) is 18.4 Å². The third-order valence-electron chi connectivity index (χ3n) is 6.21. The van der Waals surface area contributed by atoms with E-state index in [1.54, 1.807) is 24.0 Å². The van der Waals surface area contributed by atoms with Crippen molar-refractivity contribution in [3.05, 3.63) is 64.9 Å². The van der Waals surface area contributed by atoms with Crippen LogP contribution in [0.25, 0.3) is 0 Å². The minimum atomic E-state index is -4.78. The monoisotopic (exact) mass is 489 g/mol. The highest BCUT2D eigenvalue weighted by atomic mass is 32.1. The lowest BCUT2D eigenvalue weighted by atomic mass is 9.73. The summed E-state index contributed by atoms with van der Waals surface area (Å²) in [5.74, 6) is -1.32. The quantitative estimate of drug-likeness (QED) is 0.488. The van der Waals surface area contributed by atoms with Gasteiger partial charge in [-0.15, -0.1) is 0 Å². The fourth-order valence-electron chi connectivity index (χ4n) is 4.55. The molecule has 1 saturated carbocycles. The first-order valence-corrected chi connectivity index (χ1v) is 10.8. The van der Waals surface area contributed by atoms with Crippen molar-refractivity contribution in [1.82, 2.24) is 10.3 Å². The van der Waals surface area contributed by atoms with E-state index in [2.05, 4.69) is 10.3 Å². The molecule has 0 unspecified atom stereocenters. The third kappa shape index (κ3) is 3.49. The van der Waals surface area contributed by atoms with Gasteiger partial charge in [0.25, 0.3) is 5.91 Å². The lowest BCUT2D eigenvalue weighted by Crippen LogP contribution is -2.51. The van der Waals surface area contributed by atoms with E-state index in [9.17, 15) is 22.4 Å². The van der Waals surface area contributed by atoms with Crippen molar-refractivity contribution in [2.75, 3.05) is 16.8 Å². The Morgan fingerprint density at radius 1 is 1.29 bits per heavy atom. The number of aromatic nitrogens is 1. The molecule has 34 heavy (non-hydrogen) atoms. The summed E-state index contributed by atoms with van der Waals surface area (Å²) in [6.07, 6.45) is 0.317. The Balaban J connectivity index is 1.84. The average molecular weight is 489 g/mol. The van der Waals surface area contributed by atoms with Crippen LogP contribution in [0, 0.1) is 17.1 Å². The van der Waals surface area contributed by atoms with E-state index in [-0.39, 0.29) is 16.4 Å². The van der Waals surface area contributed by atoms with E-state index in [1.165, 1.54) is 36.3 Å². The topological polar surface area (TPSA) is 72.3 Å². The van der Waals surface area contributed by atoms with Gasteiger partial charge in [-0.1, -0.05) is 6.08 Å². The van der Waals surface area contributed by atoms with Crippen LogP contribution >= 0.6 is 12.2 Å². The largest absolute Gasteiger partial charge is 0.419 e. The number of anilines is 2. The number of benzene rings is 1. The number of halogens is 4. The van der Waals surface area contributed by atoms with Gasteiger partial charge in [0.15, 0.2) is 10.8 Å². The van der Waals surface area contributed by atoms with Crippen LogP contribution in [-0.4, -0.2) is 28.6 Å². The zero-order valence-electron chi connectivity index (χ0n) is 18.2. The molecule has 6 nitrogen and oxygen atoms in total. The fourth-order valence-corrected chi connectivity index (χ4v) is 5.03. The summed E-state index contributed by atoms with van der Waals surface area (Å²) < 4.78 is 55.5. The van der Waals surface area contributed by atoms with Crippen molar-refractivity contribution in [3.63, 3.8) is 0 Å². The molecule has 11 heteroatoms. The Hall–Kier alpha value is -3.52. The molecule has 1 aromatic carbocycles. The van der Waals surface area contributed by atoms with E-state index in [0.29, 0.717) is 24.2 Å². The molecule has 2 aliphatic rings. The van der Waals surface area contributed by atoms with Crippen LogP contribution in [0.1, 0.15) is 47.8 Å². The van der Waals surface area contributed by atoms with Crippen molar-refractivity contribution in [1.29, 1.82) is 5.26 Å². The highest BCUT2D eigenvalue weighted by Gasteiger charge is 2.56. The molecule has 2 heterocycles. The first-order valence-electron chi connectivity index (χ1n) is 10.4. The molecule has 0 radical (unpaired) electrons. The number of carbonyl (C=O) groups excluding carboxylic acids is 1. The minimum Gasteiger partial charge on any atom is -0.355 e. The van der Waals surface area contributed by atoms with Crippen LogP contribution in [0.15, 0.2) is 42.2 Å². The maximum Gasteiger partial charge on any atom is 0.419 e. The molecule has 2 fully saturated rings. The van der Waals surface area contributed by atoms with Crippen LogP contribution < -0.4 is 15.1 Å². The molecule has 1 amide bonds. The summed E-state index contributed by atoms with van der Waals surface area (Å²) in [7, 11) is 1.39. The number of amides is 1. The number of nitrogens with zero attached hydrogens (tertiary/aromatic N) is 4. The van der Waals surface area contributed by atoms with Gasteiger partial charge in [0.05, 0.1) is 28.6 Å². The predicted octanol–water partition coefficient (Wildman–Crippen LogP) is 4.91. The number of hydrogen-bond donors (Lipinski definition) is 1. The SMILES string of the molecule is C/C=C1/N(c2cnc(C#N)c(C(F)(F)F)c2)C(=S)N(c2ccc(C(=O)NC)c(F)c2)C12CCC2. The van der Waals surface area contributed by atoms with Gasteiger partial charge in [0, 0.05) is 18.4 Å². The van der Waals surface area contributed by atoms with Gasteiger partial charge >= 0.3 is 6.18 Å². The molecule has 176 valence electrons. The first kappa shape index (κ1) is 23.6. The van der Waals surface area contributed by atoms with Crippen molar-refractivity contribution in [3.8, 4) is 6.07 Å². The summed E-state index contributed by atoms with van der Waals surface area (Å²) in [6.45, 7) is 1.76. The van der Waals surface area contributed by atoms with Crippen LogP contribution in [0.4, 0.5) is 28.9 Å². The number of hydrogen-bond acceptors (Lipinski definition) is 4. The molecule has 1 saturated heterocycles. The number of carbonyl (C=O) groups is 1. The Bertz CT molecular complexity index is 1260. The summed E-state index contributed by atoms with van der Waals surface area (Å²) in [6, 6.07) is 6.44. The lowest BCUT2D eigenvalue weighted by Gasteiger charge is -2.45. The summed E-state index contributed by atoms with van der Waals surface area (Å²) in [5, 5.41) is 11.6. The highest BCUT2D eigenvalue weighted by molar-refractivity contribution is 7.80. The molecule has 0 atom stereocenters. The number of rotatable bonds is 3. The van der Waals surface area contributed by atoms with Crippen LogP contribution in [0.5, 0.6) is 0 Å². The average Bonchev–Trinajstić information content (AvgIpc) is 3.06.